The van der Waals surface area contributed by atoms with Crippen molar-refractivity contribution >= 4 is 5.97 Å². The summed E-state index contributed by atoms with van der Waals surface area (Å²) in [5, 5.41) is 9.60. The highest BCUT2D eigenvalue weighted by molar-refractivity contribution is 5.66. The topological polar surface area (TPSA) is 50.1 Å². The molecule has 0 aliphatic heterocycles. The maximum Gasteiger partial charge on any atom is 0.302 e. The van der Waals surface area contributed by atoms with Crippen LogP contribution in [0.1, 0.15) is 72.1 Å². The molecule has 0 spiro atoms. The van der Waals surface area contributed by atoms with Crippen molar-refractivity contribution in [1.29, 1.82) is 5.26 Å². The second kappa shape index (κ2) is 5.86. The Kier molecular flexibility index (Phi) is 4.02. The quantitative estimate of drug-likeness (QED) is 0.497. The summed E-state index contributed by atoms with van der Waals surface area (Å²) in [4.78, 5) is 11.3. The molecule has 3 heteroatoms. The summed E-state index contributed by atoms with van der Waals surface area (Å²) in [6.45, 7) is 6.39. The molecule has 4 aliphatic carbocycles. The van der Waals surface area contributed by atoms with Crippen molar-refractivity contribution in [2.75, 3.05) is 0 Å². The van der Waals surface area contributed by atoms with Crippen LogP contribution in [0.2, 0.25) is 0 Å². The van der Waals surface area contributed by atoms with E-state index in [1.807, 2.05) is 0 Å². The van der Waals surface area contributed by atoms with Crippen molar-refractivity contribution in [2.24, 2.45) is 34.5 Å². The Morgan fingerprint density at radius 3 is 2.72 bits per heavy atom. The fourth-order valence-corrected chi connectivity index (χ4v) is 7.18. The Morgan fingerprint density at radius 1 is 1.20 bits per heavy atom. The van der Waals surface area contributed by atoms with Crippen LogP contribution in [0.3, 0.4) is 0 Å². The third-order valence-electron chi connectivity index (χ3n) is 8.55. The summed E-state index contributed by atoms with van der Waals surface area (Å²) in [5.74, 6) is 2.33. The van der Waals surface area contributed by atoms with Gasteiger partial charge in [0.2, 0.25) is 0 Å². The molecule has 0 bridgehead atoms. The van der Waals surface area contributed by atoms with Crippen LogP contribution >= 0.6 is 0 Å². The molecule has 0 aromatic carbocycles. The first-order chi connectivity index (χ1) is 11.9. The standard InChI is InChI=1S/C22H31NO2/c1-14(24)25-17-8-10-21(2)15(12-17)4-6-18-19-7-5-16(13-23)22(19,3)11-9-20(18)21/h4,16-20H,5-12H2,1-3H3/t16-,17-,18-,19-,20-,21-,22+/m1/s1. The molecule has 0 aromatic rings. The van der Waals surface area contributed by atoms with Crippen LogP contribution in [0, 0.1) is 45.8 Å². The van der Waals surface area contributed by atoms with Gasteiger partial charge in [0.15, 0.2) is 0 Å². The van der Waals surface area contributed by atoms with Gasteiger partial charge in [-0.1, -0.05) is 25.5 Å². The van der Waals surface area contributed by atoms with Crippen molar-refractivity contribution in [3.8, 4) is 6.07 Å². The van der Waals surface area contributed by atoms with E-state index in [0.717, 1.165) is 43.4 Å². The van der Waals surface area contributed by atoms with E-state index >= 15 is 0 Å². The van der Waals surface area contributed by atoms with Crippen LogP contribution in [0.5, 0.6) is 0 Å². The van der Waals surface area contributed by atoms with E-state index in [9.17, 15) is 10.1 Å². The molecule has 25 heavy (non-hydrogen) atoms. The van der Waals surface area contributed by atoms with Gasteiger partial charge in [0.25, 0.3) is 0 Å². The van der Waals surface area contributed by atoms with Gasteiger partial charge >= 0.3 is 5.97 Å². The molecular weight excluding hydrogens is 310 g/mol. The lowest BCUT2D eigenvalue weighted by Crippen LogP contribution is -2.50. The van der Waals surface area contributed by atoms with Gasteiger partial charge in [-0.05, 0) is 73.5 Å². The molecular formula is C22H31NO2. The van der Waals surface area contributed by atoms with E-state index in [-0.39, 0.29) is 28.8 Å². The van der Waals surface area contributed by atoms with Crippen LogP contribution in [0.25, 0.3) is 0 Å². The van der Waals surface area contributed by atoms with Crippen LogP contribution in [-0.4, -0.2) is 12.1 Å². The molecule has 3 nitrogen and oxygen atoms in total. The number of allylic oxidation sites excluding steroid dienone is 1. The number of carbonyl (C=O) groups is 1. The fraction of sp³-hybridized carbons (Fsp3) is 0.818. The second-order valence-electron chi connectivity index (χ2n) is 9.54. The first-order valence-electron chi connectivity index (χ1n) is 10.1. The normalized spacial score (nSPS) is 48.4. The van der Waals surface area contributed by atoms with Gasteiger partial charge in [0, 0.05) is 13.3 Å². The van der Waals surface area contributed by atoms with E-state index in [0.29, 0.717) is 0 Å². The Hall–Kier alpha value is -1.30. The minimum Gasteiger partial charge on any atom is -0.462 e. The van der Waals surface area contributed by atoms with Crippen molar-refractivity contribution in [3.63, 3.8) is 0 Å². The first-order valence-corrected chi connectivity index (χ1v) is 10.1. The minimum absolute atomic E-state index is 0.0803. The molecule has 0 radical (unpaired) electrons. The maximum absolute atomic E-state index is 11.3. The number of fused-ring (bicyclic) bond motifs is 5. The second-order valence-corrected chi connectivity index (χ2v) is 9.54. The van der Waals surface area contributed by atoms with Crippen LogP contribution in [0.15, 0.2) is 11.6 Å². The van der Waals surface area contributed by atoms with E-state index in [2.05, 4.69) is 26.0 Å². The molecule has 0 aromatic heterocycles. The summed E-state index contributed by atoms with van der Waals surface area (Å²) >= 11 is 0. The third-order valence-corrected chi connectivity index (χ3v) is 8.55. The van der Waals surface area contributed by atoms with Crippen molar-refractivity contribution in [1.82, 2.24) is 0 Å². The predicted molar refractivity (Wildman–Crippen MR) is 96.4 cm³/mol. The largest absolute Gasteiger partial charge is 0.462 e. The number of nitrogens with zero attached hydrogens (tertiary/aromatic N) is 1. The molecule has 136 valence electrons. The van der Waals surface area contributed by atoms with Crippen molar-refractivity contribution in [3.05, 3.63) is 11.6 Å². The number of rotatable bonds is 1. The lowest BCUT2D eigenvalue weighted by Gasteiger charge is -2.57. The van der Waals surface area contributed by atoms with Gasteiger partial charge in [-0.3, -0.25) is 4.79 Å². The zero-order chi connectivity index (χ0) is 17.8. The van der Waals surface area contributed by atoms with Gasteiger partial charge < -0.3 is 4.74 Å². The highest BCUT2D eigenvalue weighted by atomic mass is 16.5. The number of ether oxygens (including phenoxy) is 1. The molecule has 0 unspecified atom stereocenters. The van der Waals surface area contributed by atoms with E-state index in [1.54, 1.807) is 5.57 Å². The zero-order valence-corrected chi connectivity index (χ0v) is 15.9. The third kappa shape index (κ3) is 2.47. The molecule has 0 heterocycles. The van der Waals surface area contributed by atoms with Gasteiger partial charge in [0.1, 0.15) is 6.10 Å². The molecule has 3 saturated carbocycles. The molecule has 0 amide bonds. The van der Waals surface area contributed by atoms with Crippen molar-refractivity contribution < 1.29 is 9.53 Å². The summed E-state index contributed by atoms with van der Waals surface area (Å²) in [6, 6.07) is 2.63. The monoisotopic (exact) mass is 341 g/mol. The number of nitriles is 1. The van der Waals surface area contributed by atoms with E-state index in [1.165, 1.54) is 32.6 Å². The van der Waals surface area contributed by atoms with Crippen LogP contribution in [-0.2, 0) is 9.53 Å². The van der Waals surface area contributed by atoms with Crippen LogP contribution < -0.4 is 0 Å². The molecule has 3 fully saturated rings. The first kappa shape index (κ1) is 17.1. The number of hydrogen-bond donors (Lipinski definition) is 0. The fourth-order valence-electron chi connectivity index (χ4n) is 7.18. The summed E-state index contributed by atoms with van der Waals surface area (Å²) in [5.41, 5.74) is 2.07. The number of carbonyl (C=O) groups excluding carboxylic acids is 1. The smallest absolute Gasteiger partial charge is 0.302 e. The number of hydrogen-bond acceptors (Lipinski definition) is 3. The van der Waals surface area contributed by atoms with Crippen molar-refractivity contribution in [2.45, 2.75) is 78.2 Å². The highest BCUT2D eigenvalue weighted by Crippen LogP contribution is 2.66. The summed E-state index contributed by atoms with van der Waals surface area (Å²) in [6.07, 6.45) is 11.6. The highest BCUT2D eigenvalue weighted by Gasteiger charge is 2.58. The van der Waals surface area contributed by atoms with Gasteiger partial charge in [-0.25, -0.2) is 0 Å². The molecule has 0 N–H and O–H groups in total. The molecule has 4 aliphatic rings. The van der Waals surface area contributed by atoms with E-state index in [4.69, 9.17) is 4.74 Å². The Morgan fingerprint density at radius 2 is 2.00 bits per heavy atom. The lowest BCUT2D eigenvalue weighted by molar-refractivity contribution is -0.148. The average Bonchev–Trinajstić information content (AvgIpc) is 2.91. The van der Waals surface area contributed by atoms with Gasteiger partial charge in [-0.2, -0.15) is 5.26 Å². The molecule has 7 atom stereocenters. The zero-order valence-electron chi connectivity index (χ0n) is 15.9. The maximum atomic E-state index is 11.3. The Balaban J connectivity index is 1.59. The van der Waals surface area contributed by atoms with Crippen LogP contribution in [0.4, 0.5) is 0 Å². The molecule has 4 rings (SSSR count). The Bertz CT molecular complexity index is 647. The van der Waals surface area contributed by atoms with Gasteiger partial charge in [-0.15, -0.1) is 0 Å². The number of esters is 1. The predicted octanol–water partition coefficient (Wildman–Crippen LogP) is 5.02. The van der Waals surface area contributed by atoms with E-state index < -0.39 is 0 Å². The van der Waals surface area contributed by atoms with Gasteiger partial charge in [0.05, 0.1) is 12.0 Å². The summed E-state index contributed by atoms with van der Waals surface area (Å²) in [7, 11) is 0. The SMILES string of the molecule is CC(=O)O[C@@H]1CC[C@]2(C)C(=CC[C@@H]3[C@H]4CC[C@H](C#N)[C@]4(C)CC[C@H]32)C1. The molecule has 0 saturated heterocycles. The summed E-state index contributed by atoms with van der Waals surface area (Å²) < 4.78 is 5.52. The Labute approximate surface area is 151 Å². The lowest BCUT2D eigenvalue weighted by atomic mass is 9.47. The average molecular weight is 341 g/mol. The minimum atomic E-state index is -0.148.